The summed E-state index contributed by atoms with van der Waals surface area (Å²) in [6.07, 6.45) is 4.00. The highest BCUT2D eigenvalue weighted by Crippen LogP contribution is 2.17. The number of benzene rings is 2. The summed E-state index contributed by atoms with van der Waals surface area (Å²) in [5.41, 5.74) is 20.4. The van der Waals surface area contributed by atoms with Crippen LogP contribution in [0.1, 0.15) is 24.8 Å². The fourth-order valence-corrected chi connectivity index (χ4v) is 4.78. The van der Waals surface area contributed by atoms with Gasteiger partial charge < -0.3 is 32.3 Å². The third-order valence-corrected chi connectivity index (χ3v) is 7.09. The standard InChI is InChI=1S/C30H43N7O2/c1-37(2,21-23(18-31)19-32)16-8-12-26(33)29(38)36-28(15-14-22-9-4-3-5-10-22)30(39)35-25-17-24-11-6-7-13-27(24)34-20-25/h3-7,9-11,13,17,20,23,26,28H,8,12,14-16,18-19,21,31-33H2,1-2H3,(H-,35,36,38,39)/p+1/t26?,28-/m0/s1. The second kappa shape index (κ2) is 14.7. The molecule has 9 heteroatoms. The first-order valence-electron chi connectivity index (χ1n) is 13.7. The first kappa shape index (κ1) is 30.2. The number of hydrogen-bond donors (Lipinski definition) is 5. The van der Waals surface area contributed by atoms with Crippen molar-refractivity contribution in [2.24, 2.45) is 23.1 Å². The van der Waals surface area contributed by atoms with E-state index in [1.54, 1.807) is 6.20 Å². The van der Waals surface area contributed by atoms with Crippen LogP contribution in [0.25, 0.3) is 10.9 Å². The number of para-hydroxylation sites is 1. The van der Waals surface area contributed by atoms with Gasteiger partial charge in [0.15, 0.2) is 0 Å². The van der Waals surface area contributed by atoms with Gasteiger partial charge in [-0.25, -0.2) is 0 Å². The number of pyridine rings is 1. The number of amides is 2. The van der Waals surface area contributed by atoms with Gasteiger partial charge in [0, 0.05) is 24.4 Å². The fourth-order valence-electron chi connectivity index (χ4n) is 4.78. The van der Waals surface area contributed by atoms with E-state index in [1.807, 2.05) is 60.7 Å². The van der Waals surface area contributed by atoms with Gasteiger partial charge in [-0.1, -0.05) is 48.5 Å². The van der Waals surface area contributed by atoms with E-state index < -0.39 is 12.1 Å². The lowest BCUT2D eigenvalue weighted by molar-refractivity contribution is -0.893. The van der Waals surface area contributed by atoms with Crippen molar-refractivity contribution in [2.75, 3.05) is 45.6 Å². The SMILES string of the molecule is C[N+](C)(CCCC(N)C(=O)N[C@@H](CCc1ccccc1)C(=O)Nc1cnc2ccccc2c1)CC(CN)CN. The van der Waals surface area contributed by atoms with E-state index in [9.17, 15) is 9.59 Å². The van der Waals surface area contributed by atoms with Gasteiger partial charge in [-0.05, 0) is 43.4 Å². The van der Waals surface area contributed by atoms with E-state index >= 15 is 0 Å². The smallest absolute Gasteiger partial charge is 0.247 e. The summed E-state index contributed by atoms with van der Waals surface area (Å²) in [7, 11) is 4.27. The van der Waals surface area contributed by atoms with Crippen molar-refractivity contribution in [1.82, 2.24) is 10.3 Å². The molecule has 9 nitrogen and oxygen atoms in total. The molecule has 2 aromatic carbocycles. The van der Waals surface area contributed by atoms with Crippen LogP contribution in [-0.4, -0.2) is 73.6 Å². The maximum atomic E-state index is 13.3. The quantitative estimate of drug-likeness (QED) is 0.188. The van der Waals surface area contributed by atoms with Crippen LogP contribution in [0.15, 0.2) is 66.9 Å². The van der Waals surface area contributed by atoms with Crippen molar-refractivity contribution < 1.29 is 14.1 Å². The third-order valence-electron chi connectivity index (χ3n) is 7.09. The lowest BCUT2D eigenvalue weighted by Gasteiger charge is -2.33. The zero-order chi connectivity index (χ0) is 28.3. The Labute approximate surface area is 231 Å². The number of aromatic nitrogens is 1. The topological polar surface area (TPSA) is 149 Å². The van der Waals surface area contributed by atoms with Crippen LogP contribution in [-0.2, 0) is 16.0 Å². The monoisotopic (exact) mass is 534 g/mol. The molecule has 210 valence electrons. The Kier molecular flexibility index (Phi) is 11.4. The van der Waals surface area contributed by atoms with Crippen molar-refractivity contribution >= 4 is 28.4 Å². The number of fused-ring (bicyclic) bond motifs is 1. The van der Waals surface area contributed by atoms with Crippen LogP contribution in [0.3, 0.4) is 0 Å². The number of quaternary nitrogens is 1. The van der Waals surface area contributed by atoms with Crippen molar-refractivity contribution in [3.05, 3.63) is 72.4 Å². The lowest BCUT2D eigenvalue weighted by atomic mass is 10.0. The molecule has 2 atom stereocenters. The molecule has 0 aliphatic heterocycles. The maximum Gasteiger partial charge on any atom is 0.247 e. The Hall–Kier alpha value is -3.37. The minimum atomic E-state index is -0.739. The van der Waals surface area contributed by atoms with Gasteiger partial charge >= 0.3 is 0 Å². The molecular formula is C30H44N7O2+. The molecule has 0 aliphatic rings. The van der Waals surface area contributed by atoms with E-state index in [1.165, 1.54) is 0 Å². The summed E-state index contributed by atoms with van der Waals surface area (Å²) in [5.74, 6) is -0.360. The summed E-state index contributed by atoms with van der Waals surface area (Å²) in [4.78, 5) is 30.8. The number of nitrogens with zero attached hydrogens (tertiary/aromatic N) is 2. The molecule has 2 amide bonds. The summed E-state index contributed by atoms with van der Waals surface area (Å²) >= 11 is 0. The molecule has 0 saturated carbocycles. The second-order valence-corrected chi connectivity index (χ2v) is 10.9. The minimum Gasteiger partial charge on any atom is -0.343 e. The largest absolute Gasteiger partial charge is 0.343 e. The molecule has 0 spiro atoms. The first-order chi connectivity index (χ1) is 18.7. The Bertz CT molecular complexity index is 1200. The molecule has 1 heterocycles. The zero-order valence-corrected chi connectivity index (χ0v) is 23.2. The maximum absolute atomic E-state index is 13.3. The van der Waals surface area contributed by atoms with Gasteiger partial charge in [-0.15, -0.1) is 0 Å². The summed E-state index contributed by atoms with van der Waals surface area (Å²) in [6, 6.07) is 18.0. The molecular weight excluding hydrogens is 490 g/mol. The first-order valence-corrected chi connectivity index (χ1v) is 13.7. The number of rotatable bonds is 15. The highest BCUT2D eigenvalue weighted by Gasteiger charge is 2.25. The molecule has 0 aliphatic carbocycles. The van der Waals surface area contributed by atoms with Crippen LogP contribution >= 0.6 is 0 Å². The van der Waals surface area contributed by atoms with E-state index in [4.69, 9.17) is 17.2 Å². The normalized spacial score (nSPS) is 13.3. The lowest BCUT2D eigenvalue weighted by Crippen LogP contribution is -2.51. The van der Waals surface area contributed by atoms with Gasteiger partial charge in [0.1, 0.15) is 6.04 Å². The number of nitrogens with two attached hydrogens (primary N) is 3. The highest BCUT2D eigenvalue weighted by molar-refractivity contribution is 5.98. The molecule has 1 aromatic heterocycles. The Balaban J connectivity index is 1.61. The molecule has 1 unspecified atom stereocenters. The number of nitrogens with one attached hydrogen (secondary N) is 2. The van der Waals surface area contributed by atoms with E-state index in [2.05, 4.69) is 29.7 Å². The number of hydrogen-bond acceptors (Lipinski definition) is 6. The molecule has 0 radical (unpaired) electrons. The molecule has 39 heavy (non-hydrogen) atoms. The number of carbonyl (C=O) groups is 2. The van der Waals surface area contributed by atoms with Crippen molar-refractivity contribution in [1.29, 1.82) is 0 Å². The van der Waals surface area contributed by atoms with Crippen LogP contribution in [0.2, 0.25) is 0 Å². The van der Waals surface area contributed by atoms with Gasteiger partial charge in [0.25, 0.3) is 0 Å². The average Bonchev–Trinajstić information content (AvgIpc) is 2.94. The zero-order valence-electron chi connectivity index (χ0n) is 23.2. The molecule has 0 bridgehead atoms. The molecule has 3 rings (SSSR count). The van der Waals surface area contributed by atoms with Crippen molar-refractivity contribution in [2.45, 2.75) is 37.8 Å². The van der Waals surface area contributed by atoms with Gasteiger partial charge in [-0.2, -0.15) is 0 Å². The van der Waals surface area contributed by atoms with E-state index in [0.29, 0.717) is 38.0 Å². The average molecular weight is 535 g/mol. The minimum absolute atomic E-state index is 0.263. The molecule has 8 N–H and O–H groups in total. The van der Waals surface area contributed by atoms with Crippen LogP contribution in [0.4, 0.5) is 5.69 Å². The van der Waals surface area contributed by atoms with Gasteiger partial charge in [-0.3, -0.25) is 14.6 Å². The van der Waals surface area contributed by atoms with Crippen LogP contribution < -0.4 is 27.8 Å². The van der Waals surface area contributed by atoms with Gasteiger partial charge in [0.05, 0.1) is 50.6 Å². The molecule has 3 aromatic rings. The van der Waals surface area contributed by atoms with Crippen LogP contribution in [0, 0.1) is 5.92 Å². The summed E-state index contributed by atoms with van der Waals surface area (Å²) in [6.45, 7) is 2.84. The van der Waals surface area contributed by atoms with E-state index in [-0.39, 0.29) is 17.7 Å². The molecule has 0 saturated heterocycles. The predicted molar refractivity (Wildman–Crippen MR) is 158 cm³/mol. The fraction of sp³-hybridized carbons (Fsp3) is 0.433. The van der Waals surface area contributed by atoms with Crippen molar-refractivity contribution in [3.63, 3.8) is 0 Å². The number of anilines is 1. The van der Waals surface area contributed by atoms with Crippen LogP contribution in [0.5, 0.6) is 0 Å². The van der Waals surface area contributed by atoms with E-state index in [0.717, 1.165) is 40.5 Å². The second-order valence-electron chi connectivity index (χ2n) is 10.9. The third kappa shape index (κ3) is 9.71. The summed E-state index contributed by atoms with van der Waals surface area (Å²) < 4.78 is 0.759. The predicted octanol–water partition coefficient (Wildman–Crippen LogP) is 2.01. The molecule has 0 fully saturated rings. The Morgan fingerprint density at radius 2 is 1.64 bits per heavy atom. The number of carbonyl (C=O) groups excluding carboxylic acids is 2. The number of aryl methyl sites for hydroxylation is 1. The Morgan fingerprint density at radius 1 is 0.949 bits per heavy atom. The highest BCUT2D eigenvalue weighted by atomic mass is 16.2. The summed E-state index contributed by atoms with van der Waals surface area (Å²) in [5, 5.41) is 6.76. The van der Waals surface area contributed by atoms with Crippen molar-refractivity contribution in [3.8, 4) is 0 Å². The van der Waals surface area contributed by atoms with Gasteiger partial charge in [0.2, 0.25) is 11.8 Å². The Morgan fingerprint density at radius 3 is 2.36 bits per heavy atom.